The molecule has 1 spiro atoms. The molecule has 2 heterocycles. The van der Waals surface area contributed by atoms with E-state index in [0.29, 0.717) is 30.0 Å². The van der Waals surface area contributed by atoms with Crippen molar-refractivity contribution >= 4 is 5.96 Å². The largest absolute Gasteiger partial charge is 0.386 e. The maximum absolute atomic E-state index is 10.3. The van der Waals surface area contributed by atoms with Gasteiger partial charge < -0.3 is 20.5 Å². The van der Waals surface area contributed by atoms with Gasteiger partial charge in [-0.3, -0.25) is 9.67 Å². The summed E-state index contributed by atoms with van der Waals surface area (Å²) in [6, 6.07) is 0.434. The van der Waals surface area contributed by atoms with Crippen molar-refractivity contribution in [3.63, 3.8) is 0 Å². The number of aliphatic imine (C=N–C) groups is 1. The van der Waals surface area contributed by atoms with Crippen LogP contribution in [0.1, 0.15) is 43.8 Å². The molecule has 4 atom stereocenters. The highest BCUT2D eigenvalue weighted by Crippen LogP contribution is 2.60. The minimum atomic E-state index is -0.600. The van der Waals surface area contributed by atoms with Gasteiger partial charge in [-0.1, -0.05) is 12.8 Å². The first-order valence-electron chi connectivity index (χ1n) is 9.39. The molecule has 7 nitrogen and oxygen atoms in total. The molecule has 2 saturated carbocycles. The summed E-state index contributed by atoms with van der Waals surface area (Å²) in [5, 5.41) is 21.3. The zero-order chi connectivity index (χ0) is 17.4. The second-order valence-corrected chi connectivity index (χ2v) is 7.72. The Morgan fingerprint density at radius 1 is 1.52 bits per heavy atom. The Bertz CT molecular complexity index is 637. The van der Waals surface area contributed by atoms with Crippen molar-refractivity contribution in [2.45, 2.75) is 50.4 Å². The van der Waals surface area contributed by atoms with Crippen LogP contribution in [0.5, 0.6) is 0 Å². The van der Waals surface area contributed by atoms with Crippen LogP contribution in [0.25, 0.3) is 0 Å². The summed E-state index contributed by atoms with van der Waals surface area (Å²) in [6.45, 7) is 1.30. The predicted molar refractivity (Wildman–Crippen MR) is 95.2 cm³/mol. The lowest BCUT2D eigenvalue weighted by atomic mass is 9.54. The number of ether oxygens (including phenoxy) is 1. The normalized spacial score (nSPS) is 31.6. The van der Waals surface area contributed by atoms with Gasteiger partial charge in [-0.05, 0) is 19.3 Å². The number of hydrogen-bond acceptors (Lipinski definition) is 4. The summed E-state index contributed by atoms with van der Waals surface area (Å²) < 4.78 is 7.74. The molecule has 1 aliphatic heterocycles. The smallest absolute Gasteiger partial charge is 0.191 e. The van der Waals surface area contributed by atoms with Gasteiger partial charge in [0, 0.05) is 56.4 Å². The van der Waals surface area contributed by atoms with Gasteiger partial charge in [-0.15, -0.1) is 0 Å². The van der Waals surface area contributed by atoms with Gasteiger partial charge in [0.2, 0.25) is 0 Å². The van der Waals surface area contributed by atoms with E-state index >= 15 is 0 Å². The Morgan fingerprint density at radius 3 is 3.00 bits per heavy atom. The van der Waals surface area contributed by atoms with Crippen LogP contribution >= 0.6 is 0 Å². The third kappa shape index (κ3) is 2.83. The first-order chi connectivity index (χ1) is 12.1. The van der Waals surface area contributed by atoms with E-state index in [-0.39, 0.29) is 0 Å². The maximum atomic E-state index is 10.3. The van der Waals surface area contributed by atoms with Crippen molar-refractivity contribution in [1.29, 1.82) is 0 Å². The molecular weight excluding hydrogens is 318 g/mol. The SMILES string of the molecule is CN=C(NCC(O)c1cnn(C)c1)NC1C2CCOC2C12CCCC2. The summed E-state index contributed by atoms with van der Waals surface area (Å²) in [6.07, 6.45) is 9.61. The van der Waals surface area contributed by atoms with Crippen LogP contribution in [0.3, 0.4) is 0 Å². The number of aliphatic hydroxyl groups is 1. The van der Waals surface area contributed by atoms with Crippen molar-refractivity contribution in [2.75, 3.05) is 20.2 Å². The molecule has 25 heavy (non-hydrogen) atoms. The number of nitrogens with zero attached hydrogens (tertiary/aromatic N) is 3. The molecule has 0 radical (unpaired) electrons. The van der Waals surface area contributed by atoms with Crippen molar-refractivity contribution < 1.29 is 9.84 Å². The lowest BCUT2D eigenvalue weighted by molar-refractivity contribution is -0.125. The second kappa shape index (κ2) is 6.61. The van der Waals surface area contributed by atoms with Gasteiger partial charge in [0.1, 0.15) is 0 Å². The van der Waals surface area contributed by atoms with E-state index in [9.17, 15) is 5.11 Å². The van der Waals surface area contributed by atoms with Crippen molar-refractivity contribution in [1.82, 2.24) is 20.4 Å². The Hall–Kier alpha value is -1.60. The molecule has 1 aromatic heterocycles. The van der Waals surface area contributed by atoms with Crippen LogP contribution in [0.4, 0.5) is 0 Å². The van der Waals surface area contributed by atoms with E-state index < -0.39 is 6.10 Å². The molecule has 138 valence electrons. The minimum Gasteiger partial charge on any atom is -0.386 e. The number of guanidine groups is 1. The molecule has 0 amide bonds. The minimum absolute atomic E-state index is 0.292. The monoisotopic (exact) mass is 347 g/mol. The molecule has 3 N–H and O–H groups in total. The number of rotatable bonds is 4. The van der Waals surface area contributed by atoms with Gasteiger partial charge in [0.05, 0.1) is 18.4 Å². The van der Waals surface area contributed by atoms with Gasteiger partial charge in [0.25, 0.3) is 0 Å². The molecule has 4 unspecified atom stereocenters. The van der Waals surface area contributed by atoms with Crippen LogP contribution < -0.4 is 10.6 Å². The van der Waals surface area contributed by atoms with Crippen LogP contribution in [0.15, 0.2) is 17.4 Å². The molecule has 0 bridgehead atoms. The molecule has 3 fully saturated rings. The van der Waals surface area contributed by atoms with E-state index in [4.69, 9.17) is 4.74 Å². The Labute approximate surface area is 148 Å². The highest BCUT2D eigenvalue weighted by atomic mass is 16.5. The molecule has 0 aromatic carbocycles. The first kappa shape index (κ1) is 16.8. The third-order valence-electron chi connectivity index (χ3n) is 6.37. The number of aryl methyl sites for hydroxylation is 1. The summed E-state index contributed by atoms with van der Waals surface area (Å²) in [5.41, 5.74) is 1.10. The highest BCUT2D eigenvalue weighted by molar-refractivity contribution is 5.80. The molecule has 1 aromatic rings. The molecular formula is C18H29N5O2. The fraction of sp³-hybridized carbons (Fsp3) is 0.778. The maximum Gasteiger partial charge on any atom is 0.191 e. The Balaban J connectivity index is 1.37. The van der Waals surface area contributed by atoms with Crippen molar-refractivity contribution in [3.8, 4) is 0 Å². The Kier molecular flexibility index (Phi) is 4.45. The van der Waals surface area contributed by atoms with Gasteiger partial charge in [0.15, 0.2) is 5.96 Å². The summed E-state index contributed by atoms with van der Waals surface area (Å²) in [5.74, 6) is 1.37. The number of hydrogen-bond donors (Lipinski definition) is 3. The first-order valence-corrected chi connectivity index (χ1v) is 9.39. The quantitative estimate of drug-likeness (QED) is 0.558. The zero-order valence-electron chi connectivity index (χ0n) is 15.1. The van der Waals surface area contributed by atoms with Crippen molar-refractivity contribution in [2.24, 2.45) is 23.4 Å². The molecule has 1 saturated heterocycles. The van der Waals surface area contributed by atoms with Crippen molar-refractivity contribution in [3.05, 3.63) is 18.0 Å². The summed E-state index contributed by atoms with van der Waals surface area (Å²) in [4.78, 5) is 4.37. The van der Waals surface area contributed by atoms with Crippen LogP contribution in [-0.4, -0.2) is 53.2 Å². The number of aliphatic hydroxyl groups excluding tert-OH is 1. The zero-order valence-corrected chi connectivity index (χ0v) is 15.1. The fourth-order valence-electron chi connectivity index (χ4n) is 5.17. The van der Waals surface area contributed by atoms with E-state index in [1.54, 1.807) is 17.9 Å². The summed E-state index contributed by atoms with van der Waals surface area (Å²) in [7, 11) is 3.64. The number of nitrogens with one attached hydrogen (secondary N) is 2. The van der Waals surface area contributed by atoms with E-state index in [1.807, 2.05) is 13.2 Å². The van der Waals surface area contributed by atoms with Gasteiger partial charge in [-0.2, -0.15) is 5.10 Å². The summed E-state index contributed by atoms with van der Waals surface area (Å²) >= 11 is 0. The van der Waals surface area contributed by atoms with Crippen LogP contribution in [0.2, 0.25) is 0 Å². The molecule has 4 rings (SSSR count). The molecule has 2 aliphatic carbocycles. The van der Waals surface area contributed by atoms with E-state index in [0.717, 1.165) is 24.6 Å². The van der Waals surface area contributed by atoms with Gasteiger partial charge >= 0.3 is 0 Å². The van der Waals surface area contributed by atoms with Gasteiger partial charge in [-0.25, -0.2) is 0 Å². The molecule has 3 aliphatic rings. The molecule has 7 heteroatoms. The van der Waals surface area contributed by atoms with Crippen LogP contribution in [0, 0.1) is 11.3 Å². The topological polar surface area (TPSA) is 83.7 Å². The predicted octanol–water partition coefficient (Wildman–Crippen LogP) is 0.966. The lowest BCUT2D eigenvalue weighted by Gasteiger charge is -2.57. The second-order valence-electron chi connectivity index (χ2n) is 7.72. The standard InChI is InChI=1S/C18H29N5O2/c1-19-17(20-10-14(24)12-9-21-23(2)11-12)22-15-13-5-8-25-16(13)18(15)6-3-4-7-18/h9,11,13-16,24H,3-8,10H2,1-2H3,(H2,19,20,22). The van der Waals surface area contributed by atoms with E-state index in [2.05, 4.69) is 20.7 Å². The average molecular weight is 347 g/mol. The Morgan fingerprint density at radius 2 is 2.32 bits per heavy atom. The third-order valence-corrected chi connectivity index (χ3v) is 6.37. The lowest BCUT2D eigenvalue weighted by Crippen LogP contribution is -2.69. The number of fused-ring (bicyclic) bond motifs is 2. The average Bonchev–Trinajstić information content (AvgIpc) is 3.34. The van der Waals surface area contributed by atoms with E-state index in [1.165, 1.54) is 25.7 Å². The van der Waals surface area contributed by atoms with Crippen LogP contribution in [-0.2, 0) is 11.8 Å². The number of aromatic nitrogens is 2. The fourth-order valence-corrected chi connectivity index (χ4v) is 5.17. The highest BCUT2D eigenvalue weighted by Gasteiger charge is 2.65.